The number of hydrogen-bond acceptors (Lipinski definition) is 2. The summed E-state index contributed by atoms with van der Waals surface area (Å²) in [6, 6.07) is 6.41. The van der Waals surface area contributed by atoms with E-state index in [-0.39, 0.29) is 5.54 Å². The summed E-state index contributed by atoms with van der Waals surface area (Å²) in [5.41, 5.74) is 1.33. The third kappa shape index (κ3) is 3.39. The fourth-order valence-corrected chi connectivity index (χ4v) is 3.65. The molecule has 116 valence electrons. The molecule has 1 heterocycles. The lowest BCUT2D eigenvalue weighted by Crippen LogP contribution is -2.63. The molecule has 1 aliphatic carbocycles. The first kappa shape index (κ1) is 15.6. The molecule has 0 amide bonds. The highest BCUT2D eigenvalue weighted by Gasteiger charge is 2.41. The van der Waals surface area contributed by atoms with Crippen LogP contribution in [0.1, 0.15) is 38.7 Å². The van der Waals surface area contributed by atoms with Crippen LogP contribution in [0.3, 0.4) is 0 Å². The maximum Gasteiger partial charge on any atom is 0.0452 e. The van der Waals surface area contributed by atoms with Crippen molar-refractivity contribution in [1.29, 1.82) is 0 Å². The predicted molar refractivity (Wildman–Crippen MR) is 90.1 cm³/mol. The summed E-state index contributed by atoms with van der Waals surface area (Å²) in [6.07, 6.45) is 3.90. The van der Waals surface area contributed by atoms with Crippen molar-refractivity contribution in [1.82, 2.24) is 10.2 Å². The minimum absolute atomic E-state index is 0.192. The van der Waals surface area contributed by atoms with Crippen LogP contribution in [0.25, 0.3) is 0 Å². The molecule has 1 aliphatic heterocycles. The molecule has 1 N–H and O–H groups in total. The molecule has 2 unspecified atom stereocenters. The topological polar surface area (TPSA) is 15.3 Å². The summed E-state index contributed by atoms with van der Waals surface area (Å²) >= 11 is 12.5. The lowest BCUT2D eigenvalue weighted by Gasteiger charge is -2.48. The van der Waals surface area contributed by atoms with E-state index >= 15 is 0 Å². The van der Waals surface area contributed by atoms with E-state index in [4.69, 9.17) is 23.2 Å². The second-order valence-electron chi connectivity index (χ2n) is 6.79. The zero-order valence-corrected chi connectivity index (χ0v) is 14.3. The maximum absolute atomic E-state index is 6.36. The van der Waals surface area contributed by atoms with Crippen LogP contribution in [0, 0.1) is 5.92 Å². The molecular weight excluding hydrogens is 303 g/mol. The standard InChI is InChI=1S/C17H24Cl2N2/c1-3-17(2)11-20-16(12-4-5-12)10-21(17)9-13-8-14(18)6-7-15(13)19/h6-8,12,16,20H,3-5,9-11H2,1-2H3. The van der Waals surface area contributed by atoms with Crippen molar-refractivity contribution < 1.29 is 0 Å². The third-order valence-electron chi connectivity index (χ3n) is 5.25. The van der Waals surface area contributed by atoms with Gasteiger partial charge in [-0.15, -0.1) is 0 Å². The van der Waals surface area contributed by atoms with Gasteiger partial charge in [0, 0.05) is 41.3 Å². The van der Waals surface area contributed by atoms with E-state index in [1.165, 1.54) is 12.8 Å². The Morgan fingerprint density at radius 2 is 2.10 bits per heavy atom. The van der Waals surface area contributed by atoms with Gasteiger partial charge in [-0.1, -0.05) is 30.1 Å². The molecule has 0 aromatic heterocycles. The first-order valence-electron chi connectivity index (χ1n) is 7.94. The zero-order valence-electron chi connectivity index (χ0n) is 12.8. The minimum atomic E-state index is 0.192. The Bertz CT molecular complexity index is 516. The Kier molecular flexibility index (Phi) is 4.52. The van der Waals surface area contributed by atoms with Crippen molar-refractivity contribution in [2.24, 2.45) is 5.92 Å². The number of piperazine rings is 1. The van der Waals surface area contributed by atoms with Gasteiger partial charge in [-0.2, -0.15) is 0 Å². The summed E-state index contributed by atoms with van der Waals surface area (Å²) in [5.74, 6) is 0.878. The minimum Gasteiger partial charge on any atom is -0.311 e. The first-order valence-corrected chi connectivity index (χ1v) is 8.70. The first-order chi connectivity index (χ1) is 10.0. The van der Waals surface area contributed by atoms with Gasteiger partial charge in [-0.05, 0) is 55.9 Å². The highest BCUT2D eigenvalue weighted by atomic mass is 35.5. The fourth-order valence-electron chi connectivity index (χ4n) is 3.27. The molecule has 0 spiro atoms. The second-order valence-corrected chi connectivity index (χ2v) is 7.64. The summed E-state index contributed by atoms with van der Waals surface area (Å²) in [5, 5.41) is 5.35. The van der Waals surface area contributed by atoms with Crippen LogP contribution in [0.15, 0.2) is 18.2 Å². The number of benzene rings is 1. The lowest BCUT2D eigenvalue weighted by molar-refractivity contribution is 0.0369. The third-order valence-corrected chi connectivity index (χ3v) is 5.85. The molecule has 2 aliphatic rings. The van der Waals surface area contributed by atoms with Crippen LogP contribution in [-0.4, -0.2) is 29.6 Å². The van der Waals surface area contributed by atoms with Gasteiger partial charge in [-0.3, -0.25) is 4.90 Å². The summed E-state index contributed by atoms with van der Waals surface area (Å²) in [4.78, 5) is 2.60. The van der Waals surface area contributed by atoms with Gasteiger partial charge in [0.1, 0.15) is 0 Å². The fraction of sp³-hybridized carbons (Fsp3) is 0.647. The molecule has 1 aromatic carbocycles. The van der Waals surface area contributed by atoms with Gasteiger partial charge < -0.3 is 5.32 Å². The van der Waals surface area contributed by atoms with Crippen LogP contribution < -0.4 is 5.32 Å². The highest BCUT2D eigenvalue weighted by molar-refractivity contribution is 6.33. The number of nitrogens with one attached hydrogen (secondary N) is 1. The van der Waals surface area contributed by atoms with E-state index in [1.54, 1.807) is 0 Å². The van der Waals surface area contributed by atoms with E-state index in [9.17, 15) is 0 Å². The van der Waals surface area contributed by atoms with Gasteiger partial charge in [0.2, 0.25) is 0 Å². The summed E-state index contributed by atoms with van der Waals surface area (Å²) < 4.78 is 0. The van der Waals surface area contributed by atoms with Gasteiger partial charge in [0.25, 0.3) is 0 Å². The van der Waals surface area contributed by atoms with Crippen molar-refractivity contribution in [3.05, 3.63) is 33.8 Å². The van der Waals surface area contributed by atoms with E-state index in [2.05, 4.69) is 24.1 Å². The van der Waals surface area contributed by atoms with Crippen molar-refractivity contribution >= 4 is 23.2 Å². The number of hydrogen-bond donors (Lipinski definition) is 1. The zero-order chi connectivity index (χ0) is 15.0. The van der Waals surface area contributed by atoms with Crippen LogP contribution >= 0.6 is 23.2 Å². The average molecular weight is 327 g/mol. The Hall–Kier alpha value is -0.280. The molecule has 3 rings (SSSR count). The van der Waals surface area contributed by atoms with Crippen LogP contribution in [0.5, 0.6) is 0 Å². The van der Waals surface area contributed by atoms with E-state index in [0.29, 0.717) is 6.04 Å². The largest absolute Gasteiger partial charge is 0.311 e. The summed E-state index contributed by atoms with van der Waals surface area (Å²) in [6.45, 7) is 7.67. The number of halogens is 2. The molecule has 1 saturated heterocycles. The van der Waals surface area contributed by atoms with Gasteiger partial charge in [0.15, 0.2) is 0 Å². The molecule has 2 fully saturated rings. The Morgan fingerprint density at radius 3 is 2.76 bits per heavy atom. The van der Waals surface area contributed by atoms with E-state index < -0.39 is 0 Å². The molecule has 2 atom stereocenters. The van der Waals surface area contributed by atoms with E-state index in [0.717, 1.165) is 47.6 Å². The van der Waals surface area contributed by atoms with Gasteiger partial charge in [-0.25, -0.2) is 0 Å². The molecule has 2 nitrogen and oxygen atoms in total. The smallest absolute Gasteiger partial charge is 0.0452 e. The SMILES string of the molecule is CCC1(C)CNC(C2CC2)CN1Cc1cc(Cl)ccc1Cl. The molecule has 1 saturated carbocycles. The predicted octanol–water partition coefficient (Wildman–Crippen LogP) is 4.35. The van der Waals surface area contributed by atoms with Crippen molar-refractivity contribution in [3.8, 4) is 0 Å². The summed E-state index contributed by atoms with van der Waals surface area (Å²) in [7, 11) is 0. The van der Waals surface area contributed by atoms with Gasteiger partial charge in [0.05, 0.1) is 0 Å². The van der Waals surface area contributed by atoms with Crippen molar-refractivity contribution in [2.75, 3.05) is 13.1 Å². The van der Waals surface area contributed by atoms with Gasteiger partial charge >= 0.3 is 0 Å². The Labute approximate surface area is 137 Å². The maximum atomic E-state index is 6.36. The monoisotopic (exact) mass is 326 g/mol. The normalized spacial score (nSPS) is 30.6. The quantitative estimate of drug-likeness (QED) is 0.885. The molecule has 4 heteroatoms. The van der Waals surface area contributed by atoms with Crippen LogP contribution in [0.2, 0.25) is 10.0 Å². The van der Waals surface area contributed by atoms with Crippen molar-refractivity contribution in [2.45, 2.75) is 51.2 Å². The molecule has 21 heavy (non-hydrogen) atoms. The highest BCUT2D eigenvalue weighted by Crippen LogP contribution is 2.37. The number of nitrogens with zero attached hydrogens (tertiary/aromatic N) is 1. The molecule has 1 aromatic rings. The van der Waals surface area contributed by atoms with Crippen molar-refractivity contribution in [3.63, 3.8) is 0 Å². The number of rotatable bonds is 4. The Morgan fingerprint density at radius 1 is 1.33 bits per heavy atom. The van der Waals surface area contributed by atoms with Crippen LogP contribution in [-0.2, 0) is 6.54 Å². The Balaban J connectivity index is 1.79. The van der Waals surface area contributed by atoms with E-state index in [1.807, 2.05) is 18.2 Å². The second kappa shape index (κ2) is 6.08. The average Bonchev–Trinajstić information content (AvgIpc) is 3.30. The molecule has 0 radical (unpaired) electrons. The lowest BCUT2D eigenvalue weighted by atomic mass is 9.90. The molecular formula is C17H24Cl2N2. The van der Waals surface area contributed by atoms with Crippen LogP contribution in [0.4, 0.5) is 0 Å². The molecule has 0 bridgehead atoms.